The lowest BCUT2D eigenvalue weighted by Gasteiger charge is -2.25. The van der Waals surface area contributed by atoms with Gasteiger partial charge in [-0.25, -0.2) is 4.57 Å². The van der Waals surface area contributed by atoms with Crippen LogP contribution >= 0.6 is 7.82 Å². The van der Waals surface area contributed by atoms with Crippen LogP contribution in [0.4, 0.5) is 0 Å². The Morgan fingerprint density at radius 1 is 0.515 bits per heavy atom. The fourth-order valence-corrected chi connectivity index (χ4v) is 8.73. The molecule has 0 bridgehead atoms. The summed E-state index contributed by atoms with van der Waals surface area (Å²) in [5, 5.41) is 13.9. The van der Waals surface area contributed by atoms with Crippen LogP contribution in [0.1, 0.15) is 245 Å². The highest BCUT2D eigenvalue weighted by Crippen LogP contribution is 2.43. The van der Waals surface area contributed by atoms with Gasteiger partial charge in [-0.1, -0.05) is 241 Å². The highest BCUT2D eigenvalue weighted by molar-refractivity contribution is 7.47. The zero-order valence-electron chi connectivity index (χ0n) is 45.1. The third-order valence-electron chi connectivity index (χ3n) is 12.4. The Morgan fingerprint density at radius 2 is 0.897 bits per heavy atom. The van der Waals surface area contributed by atoms with Gasteiger partial charge in [0, 0.05) is 6.42 Å². The summed E-state index contributed by atoms with van der Waals surface area (Å²) >= 11 is 0. The van der Waals surface area contributed by atoms with Crippen molar-refractivity contribution in [2.75, 3.05) is 40.9 Å². The summed E-state index contributed by atoms with van der Waals surface area (Å²) in [5.41, 5.74) is 0. The topological polar surface area (TPSA) is 105 Å². The summed E-state index contributed by atoms with van der Waals surface area (Å²) in [5.74, 6) is -0.202. The van der Waals surface area contributed by atoms with Gasteiger partial charge in [0.05, 0.1) is 39.9 Å². The van der Waals surface area contributed by atoms with Crippen LogP contribution in [0.2, 0.25) is 0 Å². The van der Waals surface area contributed by atoms with Gasteiger partial charge < -0.3 is 19.8 Å². The number of likely N-dealkylation sites (N-methyl/N-ethyl adjacent to an activating group) is 1. The highest BCUT2D eigenvalue weighted by atomic mass is 31.2. The van der Waals surface area contributed by atoms with Gasteiger partial charge in [0.2, 0.25) is 5.91 Å². The van der Waals surface area contributed by atoms with Crippen LogP contribution in [-0.2, 0) is 18.4 Å². The van der Waals surface area contributed by atoms with Crippen molar-refractivity contribution in [3.05, 3.63) is 72.9 Å². The van der Waals surface area contributed by atoms with Crippen molar-refractivity contribution < 1.29 is 32.9 Å². The molecule has 9 heteroatoms. The first-order valence-corrected chi connectivity index (χ1v) is 29.8. The van der Waals surface area contributed by atoms with Crippen molar-refractivity contribution in [2.45, 2.75) is 257 Å². The van der Waals surface area contributed by atoms with Gasteiger partial charge in [-0.15, -0.1) is 0 Å². The zero-order chi connectivity index (χ0) is 49.9. The average Bonchev–Trinajstić information content (AvgIpc) is 3.30. The molecule has 0 rings (SSSR count). The zero-order valence-corrected chi connectivity index (χ0v) is 46.0. The first kappa shape index (κ1) is 65.9. The molecular weight excluding hydrogens is 864 g/mol. The van der Waals surface area contributed by atoms with Gasteiger partial charge in [-0.3, -0.25) is 13.8 Å². The molecule has 0 radical (unpaired) electrons. The van der Waals surface area contributed by atoms with E-state index in [1.54, 1.807) is 6.08 Å². The first-order chi connectivity index (χ1) is 33.0. The average molecular weight is 975 g/mol. The third-order valence-corrected chi connectivity index (χ3v) is 13.4. The number of carbonyl (C=O) groups is 1. The number of carbonyl (C=O) groups excluding carboxylic acids is 1. The predicted molar refractivity (Wildman–Crippen MR) is 295 cm³/mol. The van der Waals surface area contributed by atoms with E-state index in [2.05, 4.69) is 79.9 Å². The summed E-state index contributed by atoms with van der Waals surface area (Å²) in [7, 11) is 1.54. The van der Waals surface area contributed by atoms with Gasteiger partial charge in [-0.05, 0) is 70.6 Å². The highest BCUT2D eigenvalue weighted by Gasteiger charge is 2.27. The summed E-state index contributed by atoms with van der Waals surface area (Å²) in [6.07, 6.45) is 68.7. The number of hydrogen-bond acceptors (Lipinski definition) is 5. The van der Waals surface area contributed by atoms with E-state index in [0.717, 1.165) is 77.0 Å². The van der Waals surface area contributed by atoms with Crippen molar-refractivity contribution in [1.82, 2.24) is 5.32 Å². The Hall–Kier alpha value is -2.06. The number of unbranched alkanes of at least 4 members (excludes halogenated alkanes) is 28. The fraction of sp³-hybridized carbons (Fsp3) is 0.780. The molecule has 0 saturated heterocycles. The SMILES string of the molecule is CC/C=C\C/C=C\C/C=C\C/C=C\CCCCCCCCC(=O)NC(COP(=O)(O)OCC[N+](C)(C)C)C(O)/C=C/CC/C=C/CCCCCCCCCCCCCCCCCCCCCCC. The number of hydrogen-bond donors (Lipinski definition) is 3. The first-order valence-electron chi connectivity index (χ1n) is 28.3. The van der Waals surface area contributed by atoms with Crippen LogP contribution < -0.4 is 5.32 Å². The fourth-order valence-electron chi connectivity index (χ4n) is 7.99. The van der Waals surface area contributed by atoms with Crippen molar-refractivity contribution >= 4 is 13.7 Å². The lowest BCUT2D eigenvalue weighted by Crippen LogP contribution is -2.45. The molecule has 0 aromatic carbocycles. The smallest absolute Gasteiger partial charge is 0.387 e. The van der Waals surface area contributed by atoms with Gasteiger partial charge in [0.15, 0.2) is 0 Å². The van der Waals surface area contributed by atoms with E-state index in [1.807, 2.05) is 27.2 Å². The van der Waals surface area contributed by atoms with E-state index >= 15 is 0 Å². The van der Waals surface area contributed by atoms with Crippen molar-refractivity contribution in [1.29, 1.82) is 0 Å². The second kappa shape index (κ2) is 49.9. The molecule has 0 spiro atoms. The molecule has 68 heavy (non-hydrogen) atoms. The molecule has 0 aliphatic heterocycles. The van der Waals surface area contributed by atoms with Crippen molar-refractivity contribution in [2.24, 2.45) is 0 Å². The monoisotopic (exact) mass is 974 g/mol. The maximum Gasteiger partial charge on any atom is 0.472 e. The number of nitrogens with zero attached hydrogens (tertiary/aromatic N) is 1. The van der Waals surface area contributed by atoms with Crippen molar-refractivity contribution in [3.8, 4) is 0 Å². The van der Waals surface area contributed by atoms with Crippen LogP contribution in [-0.4, -0.2) is 73.4 Å². The lowest BCUT2D eigenvalue weighted by molar-refractivity contribution is -0.870. The van der Waals surface area contributed by atoms with Crippen LogP contribution in [0.3, 0.4) is 0 Å². The molecule has 1 amide bonds. The lowest BCUT2D eigenvalue weighted by atomic mass is 10.0. The number of phosphoric acid groups is 1. The van der Waals surface area contributed by atoms with Crippen LogP contribution in [0.5, 0.6) is 0 Å². The minimum atomic E-state index is -4.36. The Bertz CT molecular complexity index is 1330. The maximum absolute atomic E-state index is 13.0. The molecule has 0 aromatic rings. The van der Waals surface area contributed by atoms with E-state index in [0.29, 0.717) is 17.4 Å². The Kier molecular flexibility index (Phi) is 48.4. The second-order valence-corrected chi connectivity index (χ2v) is 21.7. The van der Waals surface area contributed by atoms with E-state index in [4.69, 9.17) is 9.05 Å². The molecule has 396 valence electrons. The molecule has 0 heterocycles. The summed E-state index contributed by atoms with van der Waals surface area (Å²) < 4.78 is 23.7. The molecule has 0 aromatic heterocycles. The Morgan fingerprint density at radius 3 is 1.35 bits per heavy atom. The number of aliphatic hydroxyl groups is 1. The van der Waals surface area contributed by atoms with E-state index < -0.39 is 20.0 Å². The number of nitrogens with one attached hydrogen (secondary N) is 1. The molecule has 0 saturated carbocycles. The number of aliphatic hydroxyl groups excluding tert-OH is 1. The van der Waals surface area contributed by atoms with Gasteiger partial charge in [0.25, 0.3) is 0 Å². The standard InChI is InChI=1S/C59H109N2O6P/c1-6-8-10-12-14-16-18-20-22-24-26-27-28-29-30-31-32-33-35-36-38-40-42-44-46-48-50-52-58(62)57(56-67-68(64,65)66-55-54-61(3,4)5)60-59(63)53-51-49-47-45-43-41-39-37-34-25-23-21-19-17-15-13-11-9-7-2/h9,11,15,17,21,23,34,37,42,44,50,52,57-58,62H,6-8,10,12-14,16,18-20,22,24-33,35-36,38-41,43,45-49,51,53-56H2,1-5H3,(H-,60,63,64,65)/p+1/b11-9-,17-15-,23-21-,37-34-,44-42+,52-50+. The van der Waals surface area contributed by atoms with Crippen LogP contribution in [0.15, 0.2) is 72.9 Å². The maximum atomic E-state index is 13.0. The normalized spacial score (nSPS) is 14.5. The molecule has 0 fully saturated rings. The van der Waals surface area contributed by atoms with Gasteiger partial charge in [-0.2, -0.15) is 0 Å². The Balaban J connectivity index is 4.28. The number of amides is 1. The molecular formula is C59H110N2O6P+. The van der Waals surface area contributed by atoms with Crippen LogP contribution in [0, 0.1) is 0 Å². The van der Waals surface area contributed by atoms with E-state index in [9.17, 15) is 19.4 Å². The van der Waals surface area contributed by atoms with Gasteiger partial charge in [0.1, 0.15) is 13.2 Å². The molecule has 3 N–H and O–H groups in total. The number of quaternary nitrogens is 1. The quantitative estimate of drug-likeness (QED) is 0.0243. The molecule has 0 aliphatic carbocycles. The molecule has 0 aliphatic rings. The summed E-state index contributed by atoms with van der Waals surface area (Å²) in [4.78, 5) is 23.3. The summed E-state index contributed by atoms with van der Waals surface area (Å²) in [6, 6.07) is -0.876. The predicted octanol–water partition coefficient (Wildman–Crippen LogP) is 17.1. The van der Waals surface area contributed by atoms with Crippen molar-refractivity contribution in [3.63, 3.8) is 0 Å². The number of phosphoric ester groups is 1. The van der Waals surface area contributed by atoms with Crippen LogP contribution in [0.25, 0.3) is 0 Å². The largest absolute Gasteiger partial charge is 0.472 e. The summed E-state index contributed by atoms with van der Waals surface area (Å²) in [6.45, 7) is 4.68. The minimum absolute atomic E-state index is 0.0499. The minimum Gasteiger partial charge on any atom is -0.387 e. The molecule has 3 unspecified atom stereocenters. The van der Waals surface area contributed by atoms with E-state index in [1.165, 1.54) is 148 Å². The number of rotatable bonds is 51. The molecule has 3 atom stereocenters. The van der Waals surface area contributed by atoms with E-state index in [-0.39, 0.29) is 19.1 Å². The molecule has 8 nitrogen and oxygen atoms in total. The second-order valence-electron chi connectivity index (χ2n) is 20.3. The van der Waals surface area contributed by atoms with Gasteiger partial charge >= 0.3 is 7.82 Å². The third kappa shape index (κ3) is 51.8. The Labute approximate surface area is 421 Å². The number of allylic oxidation sites excluding steroid dienone is 11.